The predicted octanol–water partition coefficient (Wildman–Crippen LogP) is 4.45. The van der Waals surface area contributed by atoms with E-state index in [0.717, 1.165) is 54.1 Å². The third-order valence-corrected chi connectivity index (χ3v) is 6.12. The van der Waals surface area contributed by atoms with E-state index in [9.17, 15) is 4.79 Å². The molecule has 1 amide bonds. The Bertz CT molecular complexity index is 834. The van der Waals surface area contributed by atoms with Crippen LogP contribution in [0.15, 0.2) is 16.6 Å². The molecule has 2 aliphatic carbocycles. The lowest BCUT2D eigenvalue weighted by Gasteiger charge is -2.13. The molecule has 0 saturated carbocycles. The van der Waals surface area contributed by atoms with Gasteiger partial charge in [0.2, 0.25) is 5.90 Å². The summed E-state index contributed by atoms with van der Waals surface area (Å²) in [7, 11) is 0. The van der Waals surface area contributed by atoms with Crippen LogP contribution in [0.5, 0.6) is 0 Å². The summed E-state index contributed by atoms with van der Waals surface area (Å²) >= 11 is 1.72. The van der Waals surface area contributed by atoms with Crippen molar-refractivity contribution in [3.63, 3.8) is 0 Å². The molecule has 1 aliphatic heterocycles. The maximum Gasteiger partial charge on any atom is 0.503 e. The number of nitrogens with one attached hydrogen (secondary N) is 1. The van der Waals surface area contributed by atoms with E-state index in [2.05, 4.69) is 25.2 Å². The number of allylic oxidation sites excluding steroid dienone is 1. The first kappa shape index (κ1) is 20.4. The van der Waals surface area contributed by atoms with Crippen molar-refractivity contribution in [3.8, 4) is 0 Å². The topological polar surface area (TPSA) is 108 Å². The number of hydrogen-bond acceptors (Lipinski definition) is 5. The number of thiophene rings is 1. The number of anilines is 1. The zero-order chi connectivity index (χ0) is 20.3. The number of aliphatic imine (C=N–C) groups is 1. The summed E-state index contributed by atoms with van der Waals surface area (Å²) in [5.41, 5.74) is 3.13. The Morgan fingerprint density at radius 1 is 1.18 bits per heavy atom. The van der Waals surface area contributed by atoms with Crippen molar-refractivity contribution in [1.29, 1.82) is 0 Å². The molecule has 4 rings (SSSR count). The molecule has 0 radical (unpaired) electrons. The fraction of sp³-hybridized carbons (Fsp3) is 0.550. The Morgan fingerprint density at radius 2 is 1.89 bits per heavy atom. The molecular weight excluding hydrogens is 380 g/mol. The van der Waals surface area contributed by atoms with Crippen molar-refractivity contribution in [3.05, 3.63) is 27.7 Å². The van der Waals surface area contributed by atoms with Gasteiger partial charge in [-0.2, -0.15) is 0 Å². The van der Waals surface area contributed by atoms with Gasteiger partial charge in [0.25, 0.3) is 5.91 Å². The highest BCUT2D eigenvalue weighted by Gasteiger charge is 2.33. The van der Waals surface area contributed by atoms with Gasteiger partial charge in [0, 0.05) is 10.5 Å². The molecule has 7 nitrogen and oxygen atoms in total. The number of nitrogens with zero attached hydrogens (tertiary/aromatic N) is 1. The standard InChI is InChI=1S/C19H24N2O2S.CH2O3/c1-19(2)11-23-17(21-19)15-13-9-5-6-10-14(13)24-18(15)20-16(22)12-7-3-4-8-12;2-1(3)4/h7H,3-6,8-11H2,1-2H3,(H,20,22);(H2,2,3,4). The summed E-state index contributed by atoms with van der Waals surface area (Å²) in [5.74, 6) is 0.764. The minimum absolute atomic E-state index is 0.0465. The summed E-state index contributed by atoms with van der Waals surface area (Å²) in [6.45, 7) is 4.77. The third-order valence-electron chi connectivity index (χ3n) is 4.91. The largest absolute Gasteiger partial charge is 0.503 e. The third kappa shape index (κ3) is 4.73. The predicted molar refractivity (Wildman–Crippen MR) is 109 cm³/mol. The van der Waals surface area contributed by atoms with Crippen LogP contribution in [0.2, 0.25) is 0 Å². The van der Waals surface area contributed by atoms with Gasteiger partial charge in [0.05, 0.1) is 11.1 Å². The van der Waals surface area contributed by atoms with E-state index in [0.29, 0.717) is 6.61 Å². The summed E-state index contributed by atoms with van der Waals surface area (Å²) in [6.07, 6.45) is 7.80. The van der Waals surface area contributed by atoms with E-state index in [-0.39, 0.29) is 11.4 Å². The number of carboxylic acid groups (broad SMARTS) is 2. The number of ether oxygens (including phenoxy) is 1. The zero-order valence-electron chi connectivity index (χ0n) is 16.2. The van der Waals surface area contributed by atoms with Crippen LogP contribution in [0.3, 0.4) is 0 Å². The van der Waals surface area contributed by atoms with Gasteiger partial charge in [-0.15, -0.1) is 11.3 Å². The molecule has 0 saturated heterocycles. The van der Waals surface area contributed by atoms with E-state index in [1.165, 1.54) is 23.3 Å². The average Bonchev–Trinajstić information content (AvgIpc) is 3.32. The summed E-state index contributed by atoms with van der Waals surface area (Å²) in [6, 6.07) is 0. The van der Waals surface area contributed by atoms with Gasteiger partial charge in [-0.1, -0.05) is 6.08 Å². The van der Waals surface area contributed by atoms with Crippen LogP contribution < -0.4 is 5.32 Å². The first-order valence-electron chi connectivity index (χ1n) is 9.56. The second kappa shape index (κ2) is 8.34. The Hall–Kier alpha value is -2.35. The van der Waals surface area contributed by atoms with Gasteiger partial charge >= 0.3 is 6.16 Å². The van der Waals surface area contributed by atoms with Crippen LogP contribution in [0.1, 0.15) is 62.0 Å². The molecule has 8 heteroatoms. The average molecular weight is 407 g/mol. The first-order chi connectivity index (χ1) is 13.3. The van der Waals surface area contributed by atoms with Crippen LogP contribution in [0.25, 0.3) is 0 Å². The monoisotopic (exact) mass is 406 g/mol. The van der Waals surface area contributed by atoms with Crippen molar-refractivity contribution in [2.24, 2.45) is 4.99 Å². The second-order valence-electron chi connectivity index (χ2n) is 7.79. The molecule has 152 valence electrons. The fourth-order valence-electron chi connectivity index (χ4n) is 3.65. The van der Waals surface area contributed by atoms with Crippen molar-refractivity contribution < 1.29 is 24.5 Å². The number of hydrogen-bond donors (Lipinski definition) is 3. The smallest absolute Gasteiger partial charge is 0.475 e. The lowest BCUT2D eigenvalue weighted by molar-refractivity contribution is -0.112. The minimum Gasteiger partial charge on any atom is -0.475 e. The molecule has 3 N–H and O–H groups in total. The molecule has 2 heterocycles. The molecule has 0 aromatic carbocycles. The number of carbonyl (C=O) groups excluding carboxylic acids is 1. The van der Waals surface area contributed by atoms with Crippen LogP contribution in [-0.4, -0.2) is 40.3 Å². The fourth-order valence-corrected chi connectivity index (χ4v) is 4.93. The normalized spacial score (nSPS) is 19.5. The lowest BCUT2D eigenvalue weighted by Crippen LogP contribution is -2.17. The Kier molecular flexibility index (Phi) is 6.07. The van der Waals surface area contributed by atoms with E-state index < -0.39 is 6.16 Å². The van der Waals surface area contributed by atoms with Gasteiger partial charge < -0.3 is 20.3 Å². The number of aryl methyl sites for hydroxylation is 1. The van der Waals surface area contributed by atoms with Gasteiger partial charge in [0.15, 0.2) is 0 Å². The highest BCUT2D eigenvalue weighted by Crippen LogP contribution is 2.40. The van der Waals surface area contributed by atoms with E-state index in [1.54, 1.807) is 11.3 Å². The van der Waals surface area contributed by atoms with Crippen LogP contribution in [-0.2, 0) is 22.4 Å². The summed E-state index contributed by atoms with van der Waals surface area (Å²) in [5, 5.41) is 18.0. The Labute approximate surface area is 168 Å². The highest BCUT2D eigenvalue weighted by atomic mass is 32.1. The van der Waals surface area contributed by atoms with Crippen molar-refractivity contribution in [2.45, 2.75) is 64.3 Å². The van der Waals surface area contributed by atoms with Crippen LogP contribution in [0.4, 0.5) is 9.80 Å². The van der Waals surface area contributed by atoms with E-state index >= 15 is 0 Å². The molecule has 0 bridgehead atoms. The van der Waals surface area contributed by atoms with Gasteiger partial charge in [-0.05, 0) is 64.4 Å². The van der Waals surface area contributed by atoms with Gasteiger partial charge in [-0.3, -0.25) is 4.79 Å². The molecule has 0 spiro atoms. The summed E-state index contributed by atoms with van der Waals surface area (Å²) < 4.78 is 5.92. The first-order valence-corrected chi connectivity index (χ1v) is 10.4. The minimum atomic E-state index is -1.83. The molecule has 0 atom stereocenters. The van der Waals surface area contributed by atoms with Crippen LogP contribution >= 0.6 is 11.3 Å². The lowest BCUT2D eigenvalue weighted by atomic mass is 9.95. The van der Waals surface area contributed by atoms with Gasteiger partial charge in [0.1, 0.15) is 11.6 Å². The van der Waals surface area contributed by atoms with Crippen molar-refractivity contribution in [1.82, 2.24) is 0 Å². The maximum absolute atomic E-state index is 12.6. The number of rotatable bonds is 3. The molecule has 1 aromatic heterocycles. The molecule has 1 aromatic rings. The molecular formula is C20H26N2O5S. The van der Waals surface area contributed by atoms with Crippen molar-refractivity contribution >= 4 is 34.3 Å². The number of amides is 1. The van der Waals surface area contributed by atoms with Gasteiger partial charge in [-0.25, -0.2) is 9.79 Å². The Balaban J connectivity index is 0.000000516. The molecule has 0 fully saturated rings. The summed E-state index contributed by atoms with van der Waals surface area (Å²) in [4.78, 5) is 27.3. The number of fused-ring (bicyclic) bond motifs is 1. The molecule has 3 aliphatic rings. The second-order valence-corrected chi connectivity index (χ2v) is 8.90. The number of carbonyl (C=O) groups is 2. The Morgan fingerprint density at radius 3 is 2.50 bits per heavy atom. The van der Waals surface area contributed by atoms with Crippen LogP contribution in [0, 0.1) is 0 Å². The molecule has 0 unspecified atom stereocenters. The van der Waals surface area contributed by atoms with E-state index in [4.69, 9.17) is 24.7 Å². The maximum atomic E-state index is 12.6. The highest BCUT2D eigenvalue weighted by molar-refractivity contribution is 7.17. The van der Waals surface area contributed by atoms with E-state index in [1.807, 2.05) is 0 Å². The quantitative estimate of drug-likeness (QED) is 0.687. The zero-order valence-corrected chi connectivity index (χ0v) is 17.0. The van der Waals surface area contributed by atoms with Crippen molar-refractivity contribution in [2.75, 3.05) is 11.9 Å². The SMILES string of the molecule is CC1(C)COC(c2c(NC(=O)C3=CCCC3)sc3c2CCCC3)=N1.O=C(O)O. The molecule has 28 heavy (non-hydrogen) atoms.